The van der Waals surface area contributed by atoms with Gasteiger partial charge in [-0.2, -0.15) is 23.5 Å². The zero-order chi connectivity index (χ0) is 60.8. The minimum absolute atomic E-state index is 0. The van der Waals surface area contributed by atoms with Crippen LogP contribution in [-0.2, 0) is 0 Å². The molecule has 490 valence electrons. The molecule has 5 aliphatic heterocycles. The van der Waals surface area contributed by atoms with Gasteiger partial charge >= 0.3 is 0 Å². The lowest BCUT2D eigenvalue weighted by molar-refractivity contribution is 0.0167. The molecule has 0 aromatic heterocycles. The summed E-state index contributed by atoms with van der Waals surface area (Å²) in [4.78, 5) is 0. The van der Waals surface area contributed by atoms with Crippen molar-refractivity contribution in [3.63, 3.8) is 0 Å². The quantitative estimate of drug-likeness (QED) is 0.237. The molecule has 0 bridgehead atoms. The minimum Gasteiger partial charge on any atom is -0.317 e. The molecule has 3 atom stereocenters. The predicted octanol–water partition coefficient (Wildman–Crippen LogP) is 25.3. The molecule has 0 amide bonds. The van der Waals surface area contributed by atoms with E-state index in [1.165, 1.54) is 146 Å². The topological polar surface area (TPSA) is 36.1 Å². The van der Waals surface area contributed by atoms with Crippen molar-refractivity contribution in [3.8, 4) is 0 Å². The Hall–Kier alpha value is 0.580. The van der Waals surface area contributed by atoms with Crippen molar-refractivity contribution in [1.29, 1.82) is 0 Å². The number of rotatable bonds is 7. The molecule has 79 heavy (non-hydrogen) atoms. The Kier molecular flexibility index (Phi) is 60.3. The van der Waals surface area contributed by atoms with Gasteiger partial charge in [0.25, 0.3) is 0 Å². The first kappa shape index (κ1) is 95.9. The first-order valence-corrected chi connectivity index (χ1v) is 35.9. The lowest BCUT2D eigenvalue weighted by atomic mass is 9.57. The van der Waals surface area contributed by atoms with Gasteiger partial charge in [-0.05, 0) is 188 Å². The maximum atomic E-state index is 3.83. The summed E-state index contributed by atoms with van der Waals surface area (Å²) in [6.07, 6.45) is 20.9. The molecule has 0 aromatic rings. The number of thioether (sulfide) groups is 2. The first-order valence-electron chi connectivity index (χ1n) is 33.8. The van der Waals surface area contributed by atoms with Crippen LogP contribution >= 0.6 is 23.5 Å². The standard InChI is InChI=1S/3C13H27N.2C11H22S.5C2H6.3CH4/c1-11(2)13(12(3,4)5)7-6-9-14-10-8-13;1-11(2)13(12(3,4)5)8-6-7-9-14-10-13;1-11(2)13(12(3,4)5)9-7-6-8-10-14-13;1-9(2)11(10(3)4)6-5-7-12-8-11;1-9(2)11(10(3)4)7-5-6-8-12-11;5*1-2;;;/h3*11,14H,6-10H2,1-5H3;2*9-10H,5-8H2,1-4H3;5*1-2H3;3*1H4. The maximum Gasteiger partial charge on any atom is 0.0252 e. The van der Waals surface area contributed by atoms with Crippen LogP contribution in [0.2, 0.25) is 0 Å². The van der Waals surface area contributed by atoms with Gasteiger partial charge < -0.3 is 16.0 Å². The van der Waals surface area contributed by atoms with Gasteiger partial charge in [-0.25, -0.2) is 0 Å². The Balaban J connectivity index is -0.000000127. The lowest BCUT2D eigenvalue weighted by Crippen LogP contribution is -2.58. The summed E-state index contributed by atoms with van der Waals surface area (Å²) in [5, 5.41) is 11.0. The molecule has 0 spiro atoms. The van der Waals surface area contributed by atoms with Gasteiger partial charge in [0, 0.05) is 16.8 Å². The largest absolute Gasteiger partial charge is 0.317 e. The third-order valence-corrected chi connectivity index (χ3v) is 23.0. The third kappa shape index (κ3) is 30.7. The Bertz CT molecular complexity index is 1070. The van der Waals surface area contributed by atoms with Crippen molar-refractivity contribution < 1.29 is 0 Å². The van der Waals surface area contributed by atoms with Gasteiger partial charge in [-0.1, -0.05) is 276 Å². The van der Waals surface area contributed by atoms with Gasteiger partial charge in [0.1, 0.15) is 0 Å². The van der Waals surface area contributed by atoms with E-state index in [4.69, 9.17) is 0 Å². The molecule has 5 rings (SSSR count). The predicted molar refractivity (Wildman–Crippen MR) is 385 cm³/mol. The van der Waals surface area contributed by atoms with E-state index in [0.29, 0.717) is 42.8 Å². The highest BCUT2D eigenvalue weighted by Crippen LogP contribution is 2.52. The van der Waals surface area contributed by atoms with Crippen LogP contribution in [0.5, 0.6) is 0 Å². The number of hydrogen-bond acceptors (Lipinski definition) is 5. The summed E-state index contributed by atoms with van der Waals surface area (Å²) in [6.45, 7) is 81.1. The van der Waals surface area contributed by atoms with E-state index in [-0.39, 0.29) is 22.3 Å². The van der Waals surface area contributed by atoms with E-state index in [0.717, 1.165) is 41.4 Å². The molecule has 0 saturated carbocycles. The van der Waals surface area contributed by atoms with Crippen molar-refractivity contribution in [3.05, 3.63) is 0 Å². The third-order valence-electron chi connectivity index (χ3n) is 19.5. The second kappa shape index (κ2) is 49.7. The molecule has 3 N–H and O–H groups in total. The summed E-state index contributed by atoms with van der Waals surface area (Å²) in [5.74, 6) is 9.83. The monoisotopic (exact) mass is 1160 g/mol. The lowest BCUT2D eigenvalue weighted by Gasteiger charge is -2.48. The molecule has 3 nitrogen and oxygen atoms in total. The van der Waals surface area contributed by atoms with Gasteiger partial charge in [-0.3, -0.25) is 0 Å². The van der Waals surface area contributed by atoms with Crippen LogP contribution in [0, 0.1) is 73.9 Å². The van der Waals surface area contributed by atoms with E-state index in [1.807, 2.05) is 69.2 Å². The average molecular weight is 1160 g/mol. The number of hydrogen-bond donors (Lipinski definition) is 3. The van der Waals surface area contributed by atoms with Crippen LogP contribution in [0.4, 0.5) is 0 Å². The van der Waals surface area contributed by atoms with Crippen LogP contribution in [0.15, 0.2) is 0 Å². The SMILES string of the molecule is C.C.C.CC.CC.CC.CC.CC.CC(C)C1(C(C)(C)C)CCCCCN1.CC(C)C1(C(C)(C)C)CCCCNC1.CC(C)C1(C(C)(C)C)CCCNCC1.CC(C)C1(C(C)C)CCCCS1.CC(C)C1(C(C)C)CCCSC1. The molecule has 0 aromatic carbocycles. The average Bonchev–Trinajstić information content (AvgIpc) is 3.93. The van der Waals surface area contributed by atoms with Crippen LogP contribution in [0.3, 0.4) is 0 Å². The fraction of sp³-hybridized carbons (Fsp3) is 1.00. The highest BCUT2D eigenvalue weighted by atomic mass is 32.2. The van der Waals surface area contributed by atoms with Gasteiger partial charge in [0.2, 0.25) is 0 Å². The molecule has 3 unspecified atom stereocenters. The fourth-order valence-corrected chi connectivity index (χ4v) is 17.7. The normalized spacial score (nSPS) is 23.7. The van der Waals surface area contributed by atoms with E-state index in [2.05, 4.69) is 199 Å². The molecule has 5 fully saturated rings. The molecule has 5 aliphatic rings. The molecular weight excluding hydrogens is 995 g/mol. The van der Waals surface area contributed by atoms with Crippen molar-refractivity contribution in [1.82, 2.24) is 16.0 Å². The number of nitrogens with one attached hydrogen (secondary N) is 3. The Morgan fingerprint density at radius 2 is 0.772 bits per heavy atom. The second-order valence-corrected chi connectivity index (χ2v) is 30.3. The first-order chi connectivity index (χ1) is 35.4. The second-order valence-electron chi connectivity index (χ2n) is 27.7. The van der Waals surface area contributed by atoms with Crippen molar-refractivity contribution in [2.75, 3.05) is 50.0 Å². The fourth-order valence-electron chi connectivity index (χ4n) is 14.3. The van der Waals surface area contributed by atoms with Crippen molar-refractivity contribution in [2.24, 2.45) is 73.9 Å². The maximum absolute atomic E-state index is 3.83. The summed E-state index contributed by atoms with van der Waals surface area (Å²) in [6, 6.07) is 0. The van der Waals surface area contributed by atoms with Crippen LogP contribution in [0.1, 0.15) is 347 Å². The van der Waals surface area contributed by atoms with Gasteiger partial charge in [-0.15, -0.1) is 0 Å². The highest BCUT2D eigenvalue weighted by molar-refractivity contribution is 8.00. The van der Waals surface area contributed by atoms with Crippen molar-refractivity contribution in [2.45, 2.75) is 357 Å². The molecule has 5 heteroatoms. The van der Waals surface area contributed by atoms with Crippen LogP contribution < -0.4 is 16.0 Å². The zero-order valence-electron chi connectivity index (χ0n) is 59.6. The Morgan fingerprint density at radius 3 is 1.11 bits per heavy atom. The van der Waals surface area contributed by atoms with Gasteiger partial charge in [0.15, 0.2) is 0 Å². The summed E-state index contributed by atoms with van der Waals surface area (Å²) in [5.41, 5.74) is 3.24. The van der Waals surface area contributed by atoms with E-state index < -0.39 is 0 Å². The molecular formula is C74H167N3S2. The zero-order valence-corrected chi connectivity index (χ0v) is 61.3. The highest BCUT2D eigenvalue weighted by Gasteiger charge is 2.46. The molecule has 0 radical (unpaired) electrons. The molecule has 0 aliphatic carbocycles. The molecule has 5 saturated heterocycles. The summed E-state index contributed by atoms with van der Waals surface area (Å²) in [7, 11) is 0. The summed E-state index contributed by atoms with van der Waals surface area (Å²) >= 11 is 4.39. The minimum atomic E-state index is 0. The summed E-state index contributed by atoms with van der Waals surface area (Å²) < 4.78 is 0.595. The molecule has 5 heterocycles. The van der Waals surface area contributed by atoms with E-state index in [1.54, 1.807) is 0 Å². The van der Waals surface area contributed by atoms with E-state index in [9.17, 15) is 0 Å². The van der Waals surface area contributed by atoms with E-state index >= 15 is 0 Å². The Morgan fingerprint density at radius 1 is 0.342 bits per heavy atom. The Labute approximate surface area is 517 Å². The van der Waals surface area contributed by atoms with Gasteiger partial charge in [0.05, 0.1) is 0 Å². The van der Waals surface area contributed by atoms with Crippen LogP contribution in [0.25, 0.3) is 0 Å². The van der Waals surface area contributed by atoms with Crippen LogP contribution in [-0.4, -0.2) is 60.3 Å². The smallest absolute Gasteiger partial charge is 0.0252 e. The van der Waals surface area contributed by atoms with Crippen molar-refractivity contribution >= 4 is 23.5 Å².